The fourth-order valence-electron chi connectivity index (χ4n) is 3.75. The van der Waals surface area contributed by atoms with E-state index in [1.165, 1.54) is 13.0 Å². The third-order valence-electron chi connectivity index (χ3n) is 4.98. The van der Waals surface area contributed by atoms with Gasteiger partial charge in [0.2, 0.25) is 0 Å². The van der Waals surface area contributed by atoms with Crippen molar-refractivity contribution in [2.24, 2.45) is 0 Å². The van der Waals surface area contributed by atoms with Crippen molar-refractivity contribution in [3.05, 3.63) is 68.6 Å². The van der Waals surface area contributed by atoms with Crippen LogP contribution in [0.5, 0.6) is 11.5 Å². The minimum atomic E-state index is -1.12. The van der Waals surface area contributed by atoms with Gasteiger partial charge in [-0.15, -0.1) is 0 Å². The first-order valence-electron chi connectivity index (χ1n) is 8.68. The number of phenols is 1. The van der Waals surface area contributed by atoms with Gasteiger partial charge in [-0.05, 0) is 37.1 Å². The average molecular weight is 400 g/mol. The second kappa shape index (κ2) is 6.51. The molecular formula is C21H14F2O6. The third kappa shape index (κ3) is 2.88. The number of hydrogen-bond acceptors (Lipinski definition) is 6. The number of esters is 1. The number of hydrogen-bond donors (Lipinski definition) is 1. The Bertz CT molecular complexity index is 1270. The highest BCUT2D eigenvalue weighted by Crippen LogP contribution is 2.49. The lowest BCUT2D eigenvalue weighted by Crippen LogP contribution is -2.24. The molecule has 1 aliphatic rings. The van der Waals surface area contributed by atoms with Crippen LogP contribution in [0.15, 0.2) is 33.5 Å². The normalized spacial score (nSPS) is 15.9. The van der Waals surface area contributed by atoms with Gasteiger partial charge in [0.05, 0.1) is 11.8 Å². The quantitative estimate of drug-likeness (QED) is 0.305. The Morgan fingerprint density at radius 2 is 1.90 bits per heavy atom. The molecule has 2 heterocycles. The maximum Gasteiger partial charge on any atom is 0.336 e. The number of aryl methyl sites for hydroxylation is 1. The van der Waals surface area contributed by atoms with Crippen molar-refractivity contribution in [3.63, 3.8) is 0 Å². The number of halogens is 2. The van der Waals surface area contributed by atoms with Gasteiger partial charge >= 0.3 is 11.6 Å². The molecule has 0 radical (unpaired) electrons. The van der Waals surface area contributed by atoms with E-state index in [9.17, 15) is 28.3 Å². The van der Waals surface area contributed by atoms with Crippen molar-refractivity contribution < 1.29 is 32.6 Å². The number of aromatic hydroxyl groups is 1. The van der Waals surface area contributed by atoms with Crippen molar-refractivity contribution in [2.75, 3.05) is 0 Å². The number of fused-ring (bicyclic) bond motifs is 3. The van der Waals surface area contributed by atoms with Gasteiger partial charge < -0.3 is 14.3 Å². The molecule has 1 aliphatic heterocycles. The Balaban J connectivity index is 2.17. The number of rotatable bonds is 2. The van der Waals surface area contributed by atoms with E-state index in [0.717, 1.165) is 18.2 Å². The summed E-state index contributed by atoms with van der Waals surface area (Å²) >= 11 is 0. The molecule has 0 bridgehead atoms. The smallest absolute Gasteiger partial charge is 0.336 e. The Kier molecular flexibility index (Phi) is 4.22. The molecular weight excluding hydrogens is 386 g/mol. The predicted molar refractivity (Wildman–Crippen MR) is 97.3 cm³/mol. The Morgan fingerprint density at radius 3 is 2.55 bits per heavy atom. The molecule has 29 heavy (non-hydrogen) atoms. The maximum atomic E-state index is 13.9. The molecule has 0 saturated heterocycles. The van der Waals surface area contributed by atoms with Gasteiger partial charge in [-0.25, -0.2) is 13.6 Å². The number of Topliss-reactive ketones (excluding diaryl/α,β-unsaturated/α-hetero) is 1. The van der Waals surface area contributed by atoms with E-state index in [-0.39, 0.29) is 39.8 Å². The number of carbonyl (C=O) groups is 2. The molecule has 1 N–H and O–H groups in total. The van der Waals surface area contributed by atoms with Gasteiger partial charge in [0.15, 0.2) is 23.2 Å². The number of benzene rings is 2. The molecule has 1 unspecified atom stereocenters. The summed E-state index contributed by atoms with van der Waals surface area (Å²) in [5.41, 5.74) is -0.310. The van der Waals surface area contributed by atoms with Crippen molar-refractivity contribution in [3.8, 4) is 11.5 Å². The second-order valence-electron chi connectivity index (χ2n) is 6.88. The van der Waals surface area contributed by atoms with Crippen molar-refractivity contribution in [1.82, 2.24) is 0 Å². The van der Waals surface area contributed by atoms with Crippen LogP contribution in [0.1, 0.15) is 46.3 Å². The lowest BCUT2D eigenvalue weighted by atomic mass is 9.82. The van der Waals surface area contributed by atoms with Gasteiger partial charge in [-0.1, -0.05) is 6.07 Å². The first kappa shape index (κ1) is 18.8. The van der Waals surface area contributed by atoms with Crippen LogP contribution in [-0.2, 0) is 4.79 Å². The zero-order valence-electron chi connectivity index (χ0n) is 15.3. The minimum Gasteiger partial charge on any atom is -0.506 e. The van der Waals surface area contributed by atoms with Gasteiger partial charge in [-0.2, -0.15) is 0 Å². The van der Waals surface area contributed by atoms with Crippen LogP contribution in [0.3, 0.4) is 0 Å². The fraction of sp³-hybridized carbons (Fsp3) is 0.190. The third-order valence-corrected chi connectivity index (χ3v) is 4.98. The lowest BCUT2D eigenvalue weighted by Gasteiger charge is -2.28. The molecule has 2 aromatic carbocycles. The molecule has 1 atom stereocenters. The molecule has 0 saturated carbocycles. The molecule has 0 aliphatic carbocycles. The molecule has 8 heteroatoms. The van der Waals surface area contributed by atoms with Crippen LogP contribution >= 0.6 is 0 Å². The van der Waals surface area contributed by atoms with Crippen molar-refractivity contribution in [2.45, 2.75) is 26.2 Å². The van der Waals surface area contributed by atoms with Gasteiger partial charge in [0, 0.05) is 17.5 Å². The SMILES string of the molecule is CC(=O)c1c2c(c3oc(=O)cc(C)c3c1O)C(c1ccc(F)c(F)c1)CC(=O)O2. The van der Waals surface area contributed by atoms with Gasteiger partial charge in [-0.3, -0.25) is 9.59 Å². The van der Waals surface area contributed by atoms with Crippen LogP contribution in [0.2, 0.25) is 0 Å². The molecule has 0 amide bonds. The highest BCUT2D eigenvalue weighted by atomic mass is 19.2. The monoisotopic (exact) mass is 400 g/mol. The fourth-order valence-corrected chi connectivity index (χ4v) is 3.75. The van der Waals surface area contributed by atoms with Crippen LogP contribution in [-0.4, -0.2) is 16.9 Å². The number of carbonyl (C=O) groups excluding carboxylic acids is 2. The summed E-state index contributed by atoms with van der Waals surface area (Å²) in [7, 11) is 0. The summed E-state index contributed by atoms with van der Waals surface area (Å²) in [5, 5.41) is 10.8. The van der Waals surface area contributed by atoms with Crippen LogP contribution in [0, 0.1) is 18.6 Å². The van der Waals surface area contributed by atoms with E-state index in [1.54, 1.807) is 6.92 Å². The summed E-state index contributed by atoms with van der Waals surface area (Å²) in [4.78, 5) is 36.5. The number of ketones is 1. The molecule has 1 aromatic heterocycles. The lowest BCUT2D eigenvalue weighted by molar-refractivity contribution is -0.135. The summed E-state index contributed by atoms with van der Waals surface area (Å²) in [6.45, 7) is 2.74. The summed E-state index contributed by atoms with van der Waals surface area (Å²) in [6.07, 6.45) is -0.257. The van der Waals surface area contributed by atoms with E-state index in [2.05, 4.69) is 0 Å². The summed E-state index contributed by atoms with van der Waals surface area (Å²) < 4.78 is 37.8. The first-order valence-corrected chi connectivity index (χ1v) is 8.68. The predicted octanol–water partition coefficient (Wildman–Crippen LogP) is 3.73. The number of ether oxygens (including phenoxy) is 1. The van der Waals surface area contributed by atoms with Crippen molar-refractivity contribution >= 4 is 22.7 Å². The standard InChI is InChI=1S/C21H14F2O6/c1-8-5-14(25)28-20-16(8)19(27)17(9(2)24)21-18(20)11(7-15(26)29-21)10-3-4-12(22)13(23)6-10/h3-6,11,27H,7H2,1-2H3. The van der Waals surface area contributed by atoms with E-state index in [0.29, 0.717) is 5.56 Å². The van der Waals surface area contributed by atoms with E-state index < -0.39 is 40.7 Å². The van der Waals surface area contributed by atoms with E-state index in [4.69, 9.17) is 9.15 Å². The van der Waals surface area contributed by atoms with E-state index >= 15 is 0 Å². The highest BCUT2D eigenvalue weighted by Gasteiger charge is 2.37. The van der Waals surface area contributed by atoms with Gasteiger partial charge in [0.25, 0.3) is 0 Å². The Morgan fingerprint density at radius 1 is 1.17 bits per heavy atom. The first-order chi connectivity index (χ1) is 13.7. The van der Waals surface area contributed by atoms with Crippen LogP contribution in [0.4, 0.5) is 8.78 Å². The topological polar surface area (TPSA) is 93.8 Å². The van der Waals surface area contributed by atoms with Crippen molar-refractivity contribution in [1.29, 1.82) is 0 Å². The molecule has 0 fully saturated rings. The summed E-state index contributed by atoms with van der Waals surface area (Å²) in [5.74, 6) is -5.10. The van der Waals surface area contributed by atoms with Crippen LogP contribution in [0.25, 0.3) is 11.0 Å². The molecule has 0 spiro atoms. The zero-order chi connectivity index (χ0) is 21.0. The number of phenolic OH excluding ortho intramolecular Hbond substituents is 1. The highest BCUT2D eigenvalue weighted by molar-refractivity contribution is 6.09. The molecule has 3 aromatic rings. The largest absolute Gasteiger partial charge is 0.506 e. The maximum absolute atomic E-state index is 13.9. The molecule has 148 valence electrons. The summed E-state index contributed by atoms with van der Waals surface area (Å²) in [6, 6.07) is 4.30. The Hall–Kier alpha value is -3.55. The van der Waals surface area contributed by atoms with Crippen LogP contribution < -0.4 is 10.4 Å². The van der Waals surface area contributed by atoms with Gasteiger partial charge in [0.1, 0.15) is 16.9 Å². The van der Waals surface area contributed by atoms with E-state index in [1.807, 2.05) is 0 Å². The zero-order valence-corrected chi connectivity index (χ0v) is 15.3. The average Bonchev–Trinajstić information content (AvgIpc) is 2.62. The molecule has 4 rings (SSSR count). The molecule has 6 nitrogen and oxygen atoms in total. The minimum absolute atomic E-state index is 0.0743. The Labute approximate surface area is 162 Å². The second-order valence-corrected chi connectivity index (χ2v) is 6.88.